The summed E-state index contributed by atoms with van der Waals surface area (Å²) in [6.07, 6.45) is -3.69. The Morgan fingerprint density at radius 2 is 1.84 bits per heavy atom. The minimum atomic E-state index is -1.32. The molecule has 5 atom stereocenters. The van der Waals surface area contributed by atoms with E-state index in [0.29, 0.717) is 0 Å². The monoisotopic (exact) mass is 274 g/mol. The highest BCUT2D eigenvalue weighted by Crippen LogP contribution is 2.23. The number of ether oxygens (including phenoxy) is 2. The van der Waals surface area contributed by atoms with E-state index in [1.807, 2.05) is 13.8 Å². The SMILES string of the molecule is CC(C)=CCOC(=O)CC1O[C@@H](C)[C@H](O)[C@@H](O)[C@H]1O. The van der Waals surface area contributed by atoms with E-state index in [4.69, 9.17) is 9.47 Å². The minimum absolute atomic E-state index is 0.161. The third-order valence-corrected chi connectivity index (χ3v) is 3.05. The lowest BCUT2D eigenvalue weighted by molar-refractivity contribution is -0.220. The number of hydrogen-bond donors (Lipinski definition) is 3. The number of carbonyl (C=O) groups is 1. The highest BCUT2D eigenvalue weighted by atomic mass is 16.6. The molecule has 1 fully saturated rings. The van der Waals surface area contributed by atoms with Gasteiger partial charge >= 0.3 is 5.97 Å². The molecular weight excluding hydrogens is 252 g/mol. The van der Waals surface area contributed by atoms with Gasteiger partial charge in [-0.05, 0) is 26.8 Å². The Labute approximate surface area is 112 Å². The van der Waals surface area contributed by atoms with Crippen molar-refractivity contribution in [1.29, 1.82) is 0 Å². The molecule has 0 aromatic heterocycles. The topological polar surface area (TPSA) is 96.2 Å². The van der Waals surface area contributed by atoms with E-state index in [1.165, 1.54) is 0 Å². The smallest absolute Gasteiger partial charge is 0.308 e. The van der Waals surface area contributed by atoms with Crippen molar-refractivity contribution in [3.8, 4) is 0 Å². The highest BCUT2D eigenvalue weighted by Gasteiger charge is 2.42. The van der Waals surface area contributed by atoms with Crippen LogP contribution in [0.5, 0.6) is 0 Å². The van der Waals surface area contributed by atoms with Crippen molar-refractivity contribution >= 4 is 5.97 Å². The van der Waals surface area contributed by atoms with Gasteiger partial charge in [0.25, 0.3) is 0 Å². The van der Waals surface area contributed by atoms with Crippen molar-refractivity contribution in [2.75, 3.05) is 6.61 Å². The Bertz CT molecular complexity index is 336. The molecule has 19 heavy (non-hydrogen) atoms. The first-order chi connectivity index (χ1) is 8.82. The first kappa shape index (κ1) is 16.1. The Hall–Kier alpha value is -0.950. The zero-order valence-corrected chi connectivity index (χ0v) is 11.4. The summed E-state index contributed by atoms with van der Waals surface area (Å²) in [4.78, 5) is 11.5. The molecule has 0 aliphatic carbocycles. The number of allylic oxidation sites excluding steroid dienone is 1. The molecule has 0 spiro atoms. The van der Waals surface area contributed by atoms with E-state index in [-0.39, 0.29) is 13.0 Å². The lowest BCUT2D eigenvalue weighted by atomic mass is 9.94. The molecule has 6 heteroatoms. The number of hydrogen-bond acceptors (Lipinski definition) is 6. The largest absolute Gasteiger partial charge is 0.461 e. The van der Waals surface area contributed by atoms with Crippen LogP contribution in [0.3, 0.4) is 0 Å². The van der Waals surface area contributed by atoms with Gasteiger partial charge in [0.2, 0.25) is 0 Å². The standard InChI is InChI=1S/C13H22O6/c1-7(2)4-5-18-10(14)6-9-12(16)13(17)11(15)8(3)19-9/h4,8-9,11-13,15-17H,5-6H2,1-3H3/t8-,9?,11-,12-,13+/m0/s1. The minimum Gasteiger partial charge on any atom is -0.461 e. The molecule has 1 rings (SSSR count). The maximum Gasteiger partial charge on any atom is 0.308 e. The second kappa shape index (κ2) is 7.00. The number of carbonyl (C=O) groups excluding carboxylic acids is 1. The van der Waals surface area contributed by atoms with Gasteiger partial charge < -0.3 is 24.8 Å². The van der Waals surface area contributed by atoms with Crippen LogP contribution in [-0.2, 0) is 14.3 Å². The van der Waals surface area contributed by atoms with Crippen LogP contribution in [0, 0.1) is 0 Å². The predicted octanol–water partition coefficient (Wildman–Crippen LogP) is -0.244. The van der Waals surface area contributed by atoms with E-state index < -0.39 is 36.5 Å². The van der Waals surface area contributed by atoms with Gasteiger partial charge in [0.15, 0.2) is 0 Å². The zero-order chi connectivity index (χ0) is 14.6. The van der Waals surface area contributed by atoms with E-state index in [9.17, 15) is 20.1 Å². The van der Waals surface area contributed by atoms with Gasteiger partial charge in [-0.1, -0.05) is 5.57 Å². The van der Waals surface area contributed by atoms with Crippen molar-refractivity contribution in [2.24, 2.45) is 0 Å². The van der Waals surface area contributed by atoms with Crippen LogP contribution in [0.2, 0.25) is 0 Å². The first-order valence-corrected chi connectivity index (χ1v) is 6.31. The summed E-state index contributed by atoms with van der Waals surface area (Å²) in [7, 11) is 0. The molecule has 0 aromatic carbocycles. The molecule has 110 valence electrons. The van der Waals surface area contributed by atoms with Crippen molar-refractivity contribution in [3.05, 3.63) is 11.6 Å². The number of aliphatic hydroxyl groups excluding tert-OH is 3. The number of aliphatic hydroxyl groups is 3. The van der Waals surface area contributed by atoms with Crippen LogP contribution >= 0.6 is 0 Å². The summed E-state index contributed by atoms with van der Waals surface area (Å²) >= 11 is 0. The second-order valence-electron chi connectivity index (χ2n) is 5.02. The van der Waals surface area contributed by atoms with Crippen LogP contribution in [0.15, 0.2) is 11.6 Å². The lowest BCUT2D eigenvalue weighted by Gasteiger charge is -2.38. The second-order valence-corrected chi connectivity index (χ2v) is 5.02. The summed E-state index contributed by atoms with van der Waals surface area (Å²) in [5, 5.41) is 28.9. The van der Waals surface area contributed by atoms with Crippen molar-refractivity contribution in [2.45, 2.75) is 57.7 Å². The quantitative estimate of drug-likeness (QED) is 0.483. The van der Waals surface area contributed by atoms with Crippen molar-refractivity contribution in [3.63, 3.8) is 0 Å². The van der Waals surface area contributed by atoms with E-state index in [0.717, 1.165) is 5.57 Å². The Kier molecular flexibility index (Phi) is 5.93. The fourth-order valence-corrected chi connectivity index (χ4v) is 1.83. The fourth-order valence-electron chi connectivity index (χ4n) is 1.83. The third-order valence-electron chi connectivity index (χ3n) is 3.05. The molecule has 1 aliphatic heterocycles. The molecule has 0 saturated carbocycles. The van der Waals surface area contributed by atoms with E-state index in [1.54, 1.807) is 13.0 Å². The Morgan fingerprint density at radius 1 is 1.21 bits per heavy atom. The summed E-state index contributed by atoms with van der Waals surface area (Å²) in [5.41, 5.74) is 1.04. The molecule has 6 nitrogen and oxygen atoms in total. The summed E-state index contributed by atoms with van der Waals surface area (Å²) < 4.78 is 10.3. The molecule has 0 bridgehead atoms. The van der Waals surface area contributed by atoms with Gasteiger partial charge in [-0.2, -0.15) is 0 Å². The van der Waals surface area contributed by atoms with E-state index >= 15 is 0 Å². The average molecular weight is 274 g/mol. The van der Waals surface area contributed by atoms with Crippen LogP contribution in [0.1, 0.15) is 27.2 Å². The molecule has 1 heterocycles. The van der Waals surface area contributed by atoms with Crippen LogP contribution < -0.4 is 0 Å². The van der Waals surface area contributed by atoms with Gasteiger partial charge in [0, 0.05) is 0 Å². The number of rotatable bonds is 4. The zero-order valence-electron chi connectivity index (χ0n) is 11.4. The molecular formula is C13H22O6. The normalized spacial score (nSPS) is 34.7. The summed E-state index contributed by atoms with van der Waals surface area (Å²) in [6, 6.07) is 0. The average Bonchev–Trinajstić information content (AvgIpc) is 2.33. The molecule has 1 aliphatic rings. The molecule has 0 aromatic rings. The van der Waals surface area contributed by atoms with Gasteiger partial charge in [-0.25, -0.2) is 0 Å². The summed E-state index contributed by atoms with van der Waals surface area (Å²) in [5.74, 6) is -0.516. The predicted molar refractivity (Wildman–Crippen MR) is 67.4 cm³/mol. The lowest BCUT2D eigenvalue weighted by Crippen LogP contribution is -2.57. The van der Waals surface area contributed by atoms with Crippen molar-refractivity contribution < 1.29 is 29.6 Å². The van der Waals surface area contributed by atoms with E-state index in [2.05, 4.69) is 0 Å². The van der Waals surface area contributed by atoms with Gasteiger partial charge in [0.05, 0.1) is 18.6 Å². The molecule has 1 unspecified atom stereocenters. The third kappa shape index (κ3) is 4.58. The van der Waals surface area contributed by atoms with Gasteiger partial charge in [0.1, 0.15) is 24.9 Å². The van der Waals surface area contributed by atoms with Crippen LogP contribution in [0.4, 0.5) is 0 Å². The first-order valence-electron chi connectivity index (χ1n) is 6.31. The summed E-state index contributed by atoms with van der Waals surface area (Å²) in [6.45, 7) is 5.52. The fraction of sp³-hybridized carbons (Fsp3) is 0.769. The Morgan fingerprint density at radius 3 is 2.42 bits per heavy atom. The molecule has 0 amide bonds. The van der Waals surface area contributed by atoms with Crippen molar-refractivity contribution in [1.82, 2.24) is 0 Å². The van der Waals surface area contributed by atoms with Gasteiger partial charge in [-0.3, -0.25) is 4.79 Å². The molecule has 0 radical (unpaired) electrons. The maximum absolute atomic E-state index is 11.5. The number of esters is 1. The van der Waals surface area contributed by atoms with Crippen LogP contribution in [-0.4, -0.2) is 58.4 Å². The highest BCUT2D eigenvalue weighted by molar-refractivity contribution is 5.70. The Balaban J connectivity index is 2.47. The maximum atomic E-state index is 11.5. The molecule has 1 saturated heterocycles. The van der Waals surface area contributed by atoms with Gasteiger partial charge in [-0.15, -0.1) is 0 Å². The molecule has 3 N–H and O–H groups in total. The van der Waals surface area contributed by atoms with Crippen LogP contribution in [0.25, 0.3) is 0 Å².